The van der Waals surface area contributed by atoms with Crippen molar-refractivity contribution < 1.29 is 14.3 Å². The van der Waals surface area contributed by atoms with Crippen molar-refractivity contribution in [3.8, 4) is 5.75 Å². The van der Waals surface area contributed by atoms with E-state index in [4.69, 9.17) is 4.74 Å². The first-order valence-electron chi connectivity index (χ1n) is 7.65. The van der Waals surface area contributed by atoms with E-state index >= 15 is 0 Å². The number of amides is 2. The van der Waals surface area contributed by atoms with Gasteiger partial charge >= 0.3 is 0 Å². The van der Waals surface area contributed by atoms with E-state index in [1.807, 2.05) is 42.5 Å². The largest absolute Gasteiger partial charge is 0.497 e. The molecule has 0 bridgehead atoms. The highest BCUT2D eigenvalue weighted by Gasteiger charge is 2.25. The molecule has 0 atom stereocenters. The Labute approximate surface area is 149 Å². The predicted octanol–water partition coefficient (Wildman–Crippen LogP) is 2.28. The number of methoxy groups -OCH3 is 1. The van der Waals surface area contributed by atoms with Crippen molar-refractivity contribution in [1.29, 1.82) is 0 Å². The van der Waals surface area contributed by atoms with Crippen molar-refractivity contribution in [3.63, 3.8) is 0 Å². The summed E-state index contributed by atoms with van der Waals surface area (Å²) in [7, 11) is 1.59. The van der Waals surface area contributed by atoms with Crippen LogP contribution in [0.3, 0.4) is 0 Å². The molecule has 128 valence electrons. The number of para-hydroxylation sites is 1. The lowest BCUT2D eigenvalue weighted by Gasteiger charge is -2.27. The molecule has 1 aliphatic heterocycles. The van der Waals surface area contributed by atoms with Crippen LogP contribution >= 0.6 is 11.8 Å². The third-order valence-electron chi connectivity index (χ3n) is 3.61. The normalized spacial score (nSPS) is 13.6. The van der Waals surface area contributed by atoms with Gasteiger partial charge in [-0.25, -0.2) is 5.43 Å². The highest BCUT2D eigenvalue weighted by molar-refractivity contribution is 8.00. The van der Waals surface area contributed by atoms with Crippen molar-refractivity contribution >= 4 is 35.5 Å². The summed E-state index contributed by atoms with van der Waals surface area (Å²) < 4.78 is 5.13. The maximum Gasteiger partial charge on any atom is 0.260 e. The quantitative estimate of drug-likeness (QED) is 0.660. The minimum absolute atomic E-state index is 0.0636. The number of hydrogen-bond acceptors (Lipinski definition) is 5. The second-order valence-corrected chi connectivity index (χ2v) is 6.32. The van der Waals surface area contributed by atoms with Crippen LogP contribution in [-0.2, 0) is 9.59 Å². The number of fused-ring (bicyclic) bond motifs is 1. The monoisotopic (exact) mass is 355 g/mol. The molecule has 1 heterocycles. The minimum Gasteiger partial charge on any atom is -0.497 e. The first-order chi connectivity index (χ1) is 12.2. The van der Waals surface area contributed by atoms with Crippen LogP contribution in [0.4, 0.5) is 5.69 Å². The molecule has 0 saturated carbocycles. The van der Waals surface area contributed by atoms with Crippen molar-refractivity contribution in [1.82, 2.24) is 5.43 Å². The second kappa shape index (κ2) is 7.85. The Bertz CT molecular complexity index is 823. The van der Waals surface area contributed by atoms with Crippen LogP contribution in [0.25, 0.3) is 0 Å². The zero-order chi connectivity index (χ0) is 17.6. The molecule has 7 heteroatoms. The number of hydrazone groups is 1. The maximum absolute atomic E-state index is 12.1. The molecule has 0 unspecified atom stereocenters. The van der Waals surface area contributed by atoms with E-state index in [1.165, 1.54) is 22.9 Å². The summed E-state index contributed by atoms with van der Waals surface area (Å²) in [5, 5.41) is 3.94. The van der Waals surface area contributed by atoms with Gasteiger partial charge < -0.3 is 9.64 Å². The average Bonchev–Trinajstić information content (AvgIpc) is 2.64. The number of carbonyl (C=O) groups excluding carboxylic acids is 2. The molecule has 0 aromatic heterocycles. The summed E-state index contributed by atoms with van der Waals surface area (Å²) in [6.45, 7) is -0.0636. The number of carbonyl (C=O) groups is 2. The van der Waals surface area contributed by atoms with Crippen LogP contribution in [0, 0.1) is 0 Å². The number of benzene rings is 2. The summed E-state index contributed by atoms with van der Waals surface area (Å²) in [6.07, 6.45) is 1.53. The van der Waals surface area contributed by atoms with Gasteiger partial charge in [0.25, 0.3) is 5.91 Å². The Balaban J connectivity index is 1.63. The zero-order valence-corrected chi connectivity index (χ0v) is 14.5. The number of hydrogen-bond donors (Lipinski definition) is 1. The Kier molecular flexibility index (Phi) is 5.35. The Morgan fingerprint density at radius 2 is 2.16 bits per heavy atom. The van der Waals surface area contributed by atoms with Gasteiger partial charge in [0, 0.05) is 4.90 Å². The fourth-order valence-corrected chi connectivity index (χ4v) is 3.34. The summed E-state index contributed by atoms with van der Waals surface area (Å²) in [6, 6.07) is 14.9. The van der Waals surface area contributed by atoms with Crippen LogP contribution < -0.4 is 15.1 Å². The number of ether oxygens (including phenoxy) is 1. The second-order valence-electron chi connectivity index (χ2n) is 5.31. The number of nitrogens with one attached hydrogen (secondary N) is 1. The first kappa shape index (κ1) is 17.0. The number of anilines is 1. The third kappa shape index (κ3) is 4.19. The molecular weight excluding hydrogens is 338 g/mol. The van der Waals surface area contributed by atoms with Gasteiger partial charge in [-0.2, -0.15) is 5.10 Å². The Morgan fingerprint density at radius 3 is 3.00 bits per heavy atom. The van der Waals surface area contributed by atoms with Crippen LogP contribution in [0.2, 0.25) is 0 Å². The van der Waals surface area contributed by atoms with Crippen LogP contribution in [-0.4, -0.2) is 37.4 Å². The van der Waals surface area contributed by atoms with Gasteiger partial charge in [0.15, 0.2) is 0 Å². The molecule has 1 N–H and O–H groups in total. The molecule has 0 aliphatic carbocycles. The molecule has 25 heavy (non-hydrogen) atoms. The van der Waals surface area contributed by atoms with Gasteiger partial charge in [-0.3, -0.25) is 9.59 Å². The summed E-state index contributed by atoms with van der Waals surface area (Å²) in [4.78, 5) is 26.7. The van der Waals surface area contributed by atoms with Gasteiger partial charge in [0.2, 0.25) is 5.91 Å². The van der Waals surface area contributed by atoms with E-state index in [0.717, 1.165) is 16.1 Å². The van der Waals surface area contributed by atoms with E-state index in [0.29, 0.717) is 11.5 Å². The lowest BCUT2D eigenvalue weighted by Crippen LogP contribution is -2.42. The van der Waals surface area contributed by atoms with E-state index < -0.39 is 0 Å². The lowest BCUT2D eigenvalue weighted by molar-refractivity contribution is -0.122. The molecule has 0 fully saturated rings. The summed E-state index contributed by atoms with van der Waals surface area (Å²) >= 11 is 1.48. The topological polar surface area (TPSA) is 71.0 Å². The smallest absolute Gasteiger partial charge is 0.260 e. The van der Waals surface area contributed by atoms with E-state index in [-0.39, 0.29) is 18.4 Å². The molecule has 2 aromatic rings. The zero-order valence-electron chi connectivity index (χ0n) is 13.6. The highest BCUT2D eigenvalue weighted by atomic mass is 32.2. The molecule has 0 spiro atoms. The minimum atomic E-state index is -0.353. The number of nitrogens with zero attached hydrogens (tertiary/aromatic N) is 2. The maximum atomic E-state index is 12.1. The van der Waals surface area contributed by atoms with E-state index in [9.17, 15) is 9.59 Å². The molecule has 2 amide bonds. The predicted molar refractivity (Wildman–Crippen MR) is 98.2 cm³/mol. The van der Waals surface area contributed by atoms with Crippen molar-refractivity contribution in [2.24, 2.45) is 5.10 Å². The number of rotatable bonds is 5. The van der Waals surface area contributed by atoms with E-state index in [2.05, 4.69) is 10.5 Å². The van der Waals surface area contributed by atoms with Gasteiger partial charge in [0.05, 0.1) is 24.8 Å². The molecule has 2 aromatic carbocycles. The van der Waals surface area contributed by atoms with Crippen LogP contribution in [0.15, 0.2) is 58.5 Å². The van der Waals surface area contributed by atoms with Crippen molar-refractivity contribution in [2.45, 2.75) is 4.90 Å². The van der Waals surface area contributed by atoms with Gasteiger partial charge in [-0.05, 0) is 29.8 Å². The molecule has 0 radical (unpaired) electrons. The fourth-order valence-electron chi connectivity index (χ4n) is 2.41. The molecule has 1 aliphatic rings. The van der Waals surface area contributed by atoms with Crippen LogP contribution in [0.1, 0.15) is 5.56 Å². The standard InChI is InChI=1S/C18H17N3O3S/c1-24-14-6-4-5-13(9-14)10-19-20-17(22)11-21-15-7-2-3-8-16(15)25-12-18(21)23/h2-10H,11-12H2,1H3,(H,20,22)/b19-10+. The third-order valence-corrected chi connectivity index (χ3v) is 4.65. The van der Waals surface area contributed by atoms with Crippen molar-refractivity contribution in [3.05, 3.63) is 54.1 Å². The fraction of sp³-hybridized carbons (Fsp3) is 0.167. The van der Waals surface area contributed by atoms with Crippen molar-refractivity contribution in [2.75, 3.05) is 24.3 Å². The Morgan fingerprint density at radius 1 is 1.32 bits per heavy atom. The first-order valence-corrected chi connectivity index (χ1v) is 8.64. The average molecular weight is 355 g/mol. The summed E-state index contributed by atoms with van der Waals surface area (Å²) in [5.41, 5.74) is 4.02. The van der Waals surface area contributed by atoms with Gasteiger partial charge in [-0.15, -0.1) is 11.8 Å². The summed E-state index contributed by atoms with van der Waals surface area (Å²) in [5.74, 6) is 0.602. The Hall–Kier alpha value is -2.80. The molecule has 0 saturated heterocycles. The lowest BCUT2D eigenvalue weighted by atomic mass is 10.2. The molecule has 6 nitrogen and oxygen atoms in total. The molecule has 3 rings (SSSR count). The van der Waals surface area contributed by atoms with E-state index in [1.54, 1.807) is 13.2 Å². The van der Waals surface area contributed by atoms with Crippen LogP contribution in [0.5, 0.6) is 5.75 Å². The van der Waals surface area contributed by atoms with Gasteiger partial charge in [0.1, 0.15) is 12.3 Å². The number of thioether (sulfide) groups is 1. The highest BCUT2D eigenvalue weighted by Crippen LogP contribution is 2.34. The molecular formula is C18H17N3O3S. The van der Waals surface area contributed by atoms with Gasteiger partial charge in [-0.1, -0.05) is 24.3 Å². The SMILES string of the molecule is COc1cccc(/C=N/NC(=O)CN2C(=O)CSc3ccccc32)c1.